The topological polar surface area (TPSA) is 60.0 Å². The van der Waals surface area contributed by atoms with E-state index in [9.17, 15) is 5.11 Å². The summed E-state index contributed by atoms with van der Waals surface area (Å²) in [5.41, 5.74) is 0.293. The third kappa shape index (κ3) is 5.13. The van der Waals surface area contributed by atoms with Crippen molar-refractivity contribution in [3.63, 3.8) is 0 Å². The molecule has 0 saturated carbocycles. The summed E-state index contributed by atoms with van der Waals surface area (Å²) in [6, 6.07) is 10.9. The first-order valence-corrected chi connectivity index (χ1v) is 9.31. The number of ether oxygens (including phenoxy) is 4. The van der Waals surface area contributed by atoms with Gasteiger partial charge in [0.1, 0.15) is 23.0 Å². The zero-order valence-electron chi connectivity index (χ0n) is 15.6. The van der Waals surface area contributed by atoms with Crippen molar-refractivity contribution in [2.75, 3.05) is 27.9 Å². The quantitative estimate of drug-likeness (QED) is 0.498. The SMILES string of the molecule is CCCCOc1ccc(P=C([O-])c2c(OC)cc(OC)cc2OC)cc1. The van der Waals surface area contributed by atoms with Gasteiger partial charge < -0.3 is 24.1 Å². The molecule has 5 nitrogen and oxygen atoms in total. The summed E-state index contributed by atoms with van der Waals surface area (Å²) >= 11 is 0. The minimum absolute atomic E-state index is 0.110. The van der Waals surface area contributed by atoms with E-state index in [1.807, 2.05) is 24.3 Å². The predicted octanol–water partition coefficient (Wildman–Crippen LogP) is 3.00. The highest BCUT2D eigenvalue weighted by molar-refractivity contribution is 7.49. The fourth-order valence-electron chi connectivity index (χ4n) is 2.34. The molecular formula is C20H24O5P-. The molecule has 0 aliphatic rings. The highest BCUT2D eigenvalue weighted by Crippen LogP contribution is 2.34. The van der Waals surface area contributed by atoms with Crippen LogP contribution in [0.15, 0.2) is 36.4 Å². The number of methoxy groups -OCH3 is 3. The molecule has 0 aliphatic heterocycles. The van der Waals surface area contributed by atoms with Crippen LogP contribution in [0.1, 0.15) is 25.3 Å². The highest BCUT2D eigenvalue weighted by Gasteiger charge is 2.12. The molecule has 2 rings (SSSR count). The summed E-state index contributed by atoms with van der Waals surface area (Å²) in [6.45, 7) is 2.82. The fourth-order valence-corrected chi connectivity index (χ4v) is 3.21. The molecule has 26 heavy (non-hydrogen) atoms. The molecule has 0 heterocycles. The van der Waals surface area contributed by atoms with E-state index >= 15 is 0 Å². The van der Waals surface area contributed by atoms with Crippen LogP contribution in [0.4, 0.5) is 0 Å². The lowest BCUT2D eigenvalue weighted by Gasteiger charge is -2.20. The van der Waals surface area contributed by atoms with Crippen molar-refractivity contribution in [3.8, 4) is 23.0 Å². The number of benzene rings is 2. The van der Waals surface area contributed by atoms with Gasteiger partial charge in [-0.1, -0.05) is 27.0 Å². The average Bonchev–Trinajstić information content (AvgIpc) is 2.68. The van der Waals surface area contributed by atoms with Gasteiger partial charge in [0.15, 0.2) is 0 Å². The van der Waals surface area contributed by atoms with Gasteiger partial charge in [-0.15, -0.1) is 0 Å². The van der Waals surface area contributed by atoms with Crippen molar-refractivity contribution in [2.45, 2.75) is 19.8 Å². The van der Waals surface area contributed by atoms with E-state index in [1.165, 1.54) is 14.2 Å². The predicted molar refractivity (Wildman–Crippen MR) is 104 cm³/mol. The third-order valence-corrected chi connectivity index (χ3v) is 4.75. The van der Waals surface area contributed by atoms with Gasteiger partial charge in [-0.2, -0.15) is 0 Å². The second kappa shape index (κ2) is 10.0. The van der Waals surface area contributed by atoms with Crippen molar-refractivity contribution < 1.29 is 24.1 Å². The molecule has 0 aliphatic carbocycles. The lowest BCUT2D eigenvalue weighted by Crippen LogP contribution is -2.20. The zero-order valence-corrected chi connectivity index (χ0v) is 16.5. The minimum Gasteiger partial charge on any atom is -0.823 e. The van der Waals surface area contributed by atoms with Gasteiger partial charge >= 0.3 is 0 Å². The van der Waals surface area contributed by atoms with Crippen LogP contribution in [-0.4, -0.2) is 33.4 Å². The van der Waals surface area contributed by atoms with Crippen LogP contribution in [0.5, 0.6) is 23.0 Å². The summed E-state index contributed by atoms with van der Waals surface area (Å²) in [6.07, 6.45) is 2.12. The molecule has 2 aromatic rings. The zero-order chi connectivity index (χ0) is 18.9. The summed E-state index contributed by atoms with van der Waals surface area (Å²) in [4.78, 5) is 0. The van der Waals surface area contributed by atoms with Gasteiger partial charge in [0.05, 0.1) is 33.5 Å². The van der Waals surface area contributed by atoms with Crippen LogP contribution in [0.2, 0.25) is 0 Å². The van der Waals surface area contributed by atoms with E-state index in [4.69, 9.17) is 18.9 Å². The van der Waals surface area contributed by atoms with Crippen molar-refractivity contribution in [1.82, 2.24) is 0 Å². The van der Waals surface area contributed by atoms with E-state index in [2.05, 4.69) is 6.92 Å². The lowest BCUT2D eigenvalue weighted by atomic mass is 10.1. The van der Waals surface area contributed by atoms with Crippen molar-refractivity contribution in [2.24, 2.45) is 0 Å². The molecule has 0 fully saturated rings. The molecule has 0 spiro atoms. The Morgan fingerprint density at radius 1 is 0.923 bits per heavy atom. The molecule has 0 aromatic heterocycles. The number of unbranched alkanes of at least 4 members (excludes halogenated alkanes) is 1. The molecule has 0 unspecified atom stereocenters. The van der Waals surface area contributed by atoms with Crippen LogP contribution >= 0.6 is 8.20 Å². The first-order chi connectivity index (χ1) is 12.6. The second-order valence-corrected chi connectivity index (χ2v) is 6.67. The first-order valence-electron chi connectivity index (χ1n) is 8.41. The minimum atomic E-state index is -0.110. The number of hydrogen-bond donors (Lipinski definition) is 0. The number of rotatable bonds is 9. The van der Waals surface area contributed by atoms with Crippen LogP contribution < -0.4 is 29.4 Å². The fraction of sp³-hybridized carbons (Fsp3) is 0.350. The first kappa shape index (κ1) is 20.1. The van der Waals surface area contributed by atoms with E-state index in [-0.39, 0.29) is 5.48 Å². The Kier molecular flexibility index (Phi) is 7.76. The maximum absolute atomic E-state index is 12.8. The summed E-state index contributed by atoms with van der Waals surface area (Å²) < 4.78 is 21.6. The van der Waals surface area contributed by atoms with Crippen LogP contribution in [0.25, 0.3) is 0 Å². The van der Waals surface area contributed by atoms with Gasteiger partial charge in [0.2, 0.25) is 0 Å². The Labute approximate surface area is 156 Å². The van der Waals surface area contributed by atoms with E-state index in [0.717, 1.165) is 23.9 Å². The highest BCUT2D eigenvalue weighted by atomic mass is 31.1. The van der Waals surface area contributed by atoms with Crippen LogP contribution in [0.3, 0.4) is 0 Å². The molecule has 2 aromatic carbocycles. The van der Waals surface area contributed by atoms with Crippen molar-refractivity contribution in [3.05, 3.63) is 42.0 Å². The maximum Gasteiger partial charge on any atom is 0.132 e. The Hall–Kier alpha value is -2.23. The lowest BCUT2D eigenvalue weighted by molar-refractivity contribution is -0.207. The molecule has 0 amide bonds. The molecule has 0 N–H and O–H groups in total. The standard InChI is InChI=1S/C20H25O5P/c1-5-6-11-25-14-7-9-16(10-8-14)26-20(21)19-17(23-3)12-15(22-2)13-18(19)24-4/h7-10,12-13,21H,5-6,11H2,1-4H3/p-1. The number of hydrogen-bond acceptors (Lipinski definition) is 5. The van der Waals surface area contributed by atoms with Crippen molar-refractivity contribution in [1.29, 1.82) is 0 Å². The monoisotopic (exact) mass is 375 g/mol. The summed E-state index contributed by atoms with van der Waals surface area (Å²) in [5, 5.41) is 13.7. The molecule has 0 bridgehead atoms. The maximum atomic E-state index is 12.8. The largest absolute Gasteiger partial charge is 0.823 e. The van der Waals surface area contributed by atoms with E-state index in [0.29, 0.717) is 37.6 Å². The van der Waals surface area contributed by atoms with Crippen LogP contribution in [0, 0.1) is 0 Å². The normalized spacial score (nSPS) is 11.2. The molecule has 0 atom stereocenters. The van der Waals surface area contributed by atoms with Crippen LogP contribution in [-0.2, 0) is 0 Å². The molecule has 6 heteroatoms. The Morgan fingerprint density at radius 2 is 1.54 bits per heavy atom. The summed E-state index contributed by atoms with van der Waals surface area (Å²) in [7, 11) is 5.12. The van der Waals surface area contributed by atoms with Crippen molar-refractivity contribution >= 4 is 19.0 Å². The Bertz CT molecular complexity index is 715. The van der Waals surface area contributed by atoms with E-state index < -0.39 is 0 Å². The Morgan fingerprint density at radius 3 is 2.04 bits per heavy atom. The molecule has 0 radical (unpaired) electrons. The second-order valence-electron chi connectivity index (χ2n) is 5.52. The molecule has 0 saturated heterocycles. The molecular weight excluding hydrogens is 351 g/mol. The van der Waals surface area contributed by atoms with Gasteiger partial charge in [0.25, 0.3) is 0 Å². The smallest absolute Gasteiger partial charge is 0.132 e. The average molecular weight is 375 g/mol. The van der Waals surface area contributed by atoms with Gasteiger partial charge in [-0.3, -0.25) is 0 Å². The third-order valence-electron chi connectivity index (χ3n) is 3.76. The van der Waals surface area contributed by atoms with Gasteiger partial charge in [-0.05, 0) is 30.7 Å². The molecule has 140 valence electrons. The van der Waals surface area contributed by atoms with Gasteiger partial charge in [-0.25, -0.2) is 0 Å². The Balaban J connectivity index is 2.28. The van der Waals surface area contributed by atoms with Gasteiger partial charge in [0, 0.05) is 17.4 Å². The summed E-state index contributed by atoms with van der Waals surface area (Å²) in [5.74, 6) is 2.24. The van der Waals surface area contributed by atoms with E-state index in [1.54, 1.807) is 19.2 Å².